The Morgan fingerprint density at radius 3 is 2.43 bits per heavy atom. The number of piperazine rings is 1. The van der Waals surface area contributed by atoms with Crippen LogP contribution in [0.4, 0.5) is 0 Å². The number of hydrogen-bond acceptors (Lipinski definition) is 2. The van der Waals surface area contributed by atoms with Gasteiger partial charge in [0.2, 0.25) is 11.8 Å². The van der Waals surface area contributed by atoms with Crippen LogP contribution in [0.15, 0.2) is 28.7 Å². The van der Waals surface area contributed by atoms with E-state index in [4.69, 9.17) is 0 Å². The molecule has 1 aliphatic rings. The number of benzene rings is 1. The molecule has 0 aromatic heterocycles. The van der Waals surface area contributed by atoms with Crippen molar-refractivity contribution in [2.45, 2.75) is 51.7 Å². The van der Waals surface area contributed by atoms with Crippen molar-refractivity contribution >= 4 is 27.7 Å². The number of halogens is 1. The molecule has 1 aromatic carbocycles. The molecular formula is C16H21BrN2O2. The van der Waals surface area contributed by atoms with Crippen LogP contribution in [-0.2, 0) is 16.1 Å². The van der Waals surface area contributed by atoms with Crippen LogP contribution in [0.25, 0.3) is 0 Å². The molecule has 5 heteroatoms. The number of carbonyl (C=O) groups excluding carboxylic acids is 2. The van der Waals surface area contributed by atoms with E-state index in [0.717, 1.165) is 16.5 Å². The molecule has 1 N–H and O–H groups in total. The van der Waals surface area contributed by atoms with Gasteiger partial charge in [-0.15, -0.1) is 0 Å². The van der Waals surface area contributed by atoms with Gasteiger partial charge in [-0.3, -0.25) is 9.59 Å². The largest absolute Gasteiger partial charge is 0.343 e. The van der Waals surface area contributed by atoms with Crippen molar-refractivity contribution < 1.29 is 9.59 Å². The maximum atomic E-state index is 12.6. The zero-order chi connectivity index (χ0) is 15.4. The Bertz CT molecular complexity index is 516. The number of amides is 2. The van der Waals surface area contributed by atoms with Crippen molar-refractivity contribution in [3.05, 3.63) is 34.3 Å². The first-order chi connectivity index (χ1) is 10.1. The predicted molar refractivity (Wildman–Crippen MR) is 85.6 cm³/mol. The van der Waals surface area contributed by atoms with Crippen molar-refractivity contribution in [2.24, 2.45) is 0 Å². The van der Waals surface area contributed by atoms with E-state index in [1.165, 1.54) is 0 Å². The van der Waals surface area contributed by atoms with Gasteiger partial charge in [0.1, 0.15) is 12.1 Å². The Hall–Kier alpha value is -1.36. The summed E-state index contributed by atoms with van der Waals surface area (Å²) in [6, 6.07) is 7.13. The lowest BCUT2D eigenvalue weighted by atomic mass is 10.0. The molecule has 2 amide bonds. The minimum Gasteiger partial charge on any atom is -0.343 e. The molecule has 21 heavy (non-hydrogen) atoms. The van der Waals surface area contributed by atoms with Gasteiger partial charge in [0.25, 0.3) is 0 Å². The number of nitrogens with zero attached hydrogens (tertiary/aromatic N) is 1. The fraction of sp³-hybridized carbons (Fsp3) is 0.500. The first kappa shape index (κ1) is 16.0. The summed E-state index contributed by atoms with van der Waals surface area (Å²) in [5, 5.41) is 2.84. The summed E-state index contributed by atoms with van der Waals surface area (Å²) < 4.78 is 1.01. The number of rotatable bonds is 5. The molecule has 114 valence electrons. The van der Waals surface area contributed by atoms with Crippen molar-refractivity contribution in [3.8, 4) is 0 Å². The van der Waals surface area contributed by atoms with E-state index in [0.29, 0.717) is 19.4 Å². The summed E-state index contributed by atoms with van der Waals surface area (Å²) in [7, 11) is 0. The van der Waals surface area contributed by atoms with Gasteiger partial charge in [-0.05, 0) is 30.5 Å². The molecule has 0 aliphatic carbocycles. The van der Waals surface area contributed by atoms with Gasteiger partial charge < -0.3 is 10.2 Å². The molecule has 0 bridgehead atoms. The molecular weight excluding hydrogens is 332 g/mol. The maximum absolute atomic E-state index is 12.6. The Morgan fingerprint density at radius 2 is 1.86 bits per heavy atom. The van der Waals surface area contributed by atoms with Gasteiger partial charge in [0, 0.05) is 11.0 Å². The van der Waals surface area contributed by atoms with E-state index >= 15 is 0 Å². The van der Waals surface area contributed by atoms with Crippen molar-refractivity contribution in [1.82, 2.24) is 10.2 Å². The third-order valence-corrected chi connectivity index (χ3v) is 4.34. The average molecular weight is 353 g/mol. The highest BCUT2D eigenvalue weighted by atomic mass is 79.9. The molecule has 1 aliphatic heterocycles. The predicted octanol–water partition coefficient (Wildman–Crippen LogP) is 2.85. The molecule has 1 fully saturated rings. The molecule has 0 spiro atoms. The summed E-state index contributed by atoms with van der Waals surface area (Å²) in [6.07, 6.45) is 2.20. The molecule has 1 heterocycles. The van der Waals surface area contributed by atoms with Crippen LogP contribution >= 0.6 is 15.9 Å². The standard InChI is InChI=1S/C16H21BrN2O2/c1-3-5-14-15(20)18-13(4-2)16(21)19(14)10-11-6-8-12(17)9-7-11/h6-9,13-14H,3-5,10H2,1-2H3,(H,18,20). The summed E-state index contributed by atoms with van der Waals surface area (Å²) in [5.41, 5.74) is 1.04. The SMILES string of the molecule is CCCC1C(=O)NC(CC)C(=O)N1Cc1ccc(Br)cc1. The molecule has 1 aromatic rings. The average Bonchev–Trinajstić information content (AvgIpc) is 2.48. The van der Waals surface area contributed by atoms with E-state index in [9.17, 15) is 9.59 Å². The van der Waals surface area contributed by atoms with Gasteiger partial charge in [0.15, 0.2) is 0 Å². The highest BCUT2D eigenvalue weighted by Gasteiger charge is 2.38. The zero-order valence-corrected chi connectivity index (χ0v) is 14.0. The third-order valence-electron chi connectivity index (χ3n) is 3.81. The Labute approximate surface area is 134 Å². The van der Waals surface area contributed by atoms with E-state index < -0.39 is 0 Å². The quantitative estimate of drug-likeness (QED) is 0.885. The summed E-state index contributed by atoms with van der Waals surface area (Å²) in [4.78, 5) is 26.5. The highest BCUT2D eigenvalue weighted by molar-refractivity contribution is 9.10. The first-order valence-electron chi connectivity index (χ1n) is 7.42. The minimum absolute atomic E-state index is 0.0264. The van der Waals surface area contributed by atoms with E-state index in [-0.39, 0.29) is 23.9 Å². The van der Waals surface area contributed by atoms with Crippen LogP contribution in [0.5, 0.6) is 0 Å². The normalized spacial score (nSPS) is 22.3. The number of carbonyl (C=O) groups is 2. The highest BCUT2D eigenvalue weighted by Crippen LogP contribution is 2.20. The Morgan fingerprint density at radius 1 is 1.19 bits per heavy atom. The van der Waals surface area contributed by atoms with Gasteiger partial charge in [-0.2, -0.15) is 0 Å². The van der Waals surface area contributed by atoms with Gasteiger partial charge in [-0.25, -0.2) is 0 Å². The van der Waals surface area contributed by atoms with Gasteiger partial charge >= 0.3 is 0 Å². The van der Waals surface area contributed by atoms with Crippen molar-refractivity contribution in [3.63, 3.8) is 0 Å². The smallest absolute Gasteiger partial charge is 0.246 e. The maximum Gasteiger partial charge on any atom is 0.246 e. The first-order valence-corrected chi connectivity index (χ1v) is 8.21. The second kappa shape index (κ2) is 7.07. The third kappa shape index (κ3) is 3.64. The molecule has 1 saturated heterocycles. The van der Waals surface area contributed by atoms with E-state index in [1.54, 1.807) is 4.90 Å². The summed E-state index contributed by atoms with van der Waals surface area (Å²) in [6.45, 7) is 4.43. The molecule has 2 atom stereocenters. The lowest BCUT2D eigenvalue weighted by Gasteiger charge is -2.38. The fourth-order valence-electron chi connectivity index (χ4n) is 2.64. The molecule has 0 radical (unpaired) electrons. The second-order valence-electron chi connectivity index (χ2n) is 5.37. The number of nitrogens with one attached hydrogen (secondary N) is 1. The lowest BCUT2D eigenvalue weighted by Crippen LogP contribution is -2.62. The molecule has 2 rings (SSSR count). The molecule has 2 unspecified atom stereocenters. The van der Waals surface area contributed by atoms with Crippen LogP contribution < -0.4 is 5.32 Å². The second-order valence-corrected chi connectivity index (χ2v) is 6.28. The molecule has 4 nitrogen and oxygen atoms in total. The van der Waals surface area contributed by atoms with Crippen LogP contribution in [0.3, 0.4) is 0 Å². The van der Waals surface area contributed by atoms with E-state index in [2.05, 4.69) is 21.2 Å². The Kier molecular flexibility index (Phi) is 5.39. The monoisotopic (exact) mass is 352 g/mol. The topological polar surface area (TPSA) is 49.4 Å². The van der Waals surface area contributed by atoms with Crippen LogP contribution in [0, 0.1) is 0 Å². The van der Waals surface area contributed by atoms with Crippen molar-refractivity contribution in [1.29, 1.82) is 0 Å². The summed E-state index contributed by atoms with van der Waals surface area (Å²) in [5.74, 6) is -0.00104. The molecule has 0 saturated carbocycles. The van der Waals surface area contributed by atoms with Gasteiger partial charge in [0.05, 0.1) is 0 Å². The number of hydrogen-bond donors (Lipinski definition) is 1. The van der Waals surface area contributed by atoms with Crippen molar-refractivity contribution in [2.75, 3.05) is 0 Å². The minimum atomic E-state index is -0.388. The Balaban J connectivity index is 2.22. The van der Waals surface area contributed by atoms with Crippen LogP contribution in [0.1, 0.15) is 38.7 Å². The van der Waals surface area contributed by atoms with E-state index in [1.807, 2.05) is 38.1 Å². The van der Waals surface area contributed by atoms with Gasteiger partial charge in [-0.1, -0.05) is 48.3 Å². The fourth-order valence-corrected chi connectivity index (χ4v) is 2.90. The van der Waals surface area contributed by atoms with Crippen LogP contribution in [-0.4, -0.2) is 28.8 Å². The summed E-state index contributed by atoms with van der Waals surface area (Å²) >= 11 is 3.40. The lowest BCUT2D eigenvalue weighted by molar-refractivity contribution is -0.150. The zero-order valence-electron chi connectivity index (χ0n) is 12.4. The van der Waals surface area contributed by atoms with Crippen LogP contribution in [0.2, 0.25) is 0 Å².